The monoisotopic (exact) mass is 637 g/mol. The summed E-state index contributed by atoms with van der Waals surface area (Å²) in [7, 11) is 0. The first-order valence-electron chi connectivity index (χ1n) is 20.5. The van der Waals surface area contributed by atoms with Gasteiger partial charge in [0.05, 0.1) is 0 Å². The molecule has 0 aromatic heterocycles. The number of carbonyl (C=O) groups excluding carboxylic acids is 1. The number of hydrogen-bond donors (Lipinski definition) is 1. The molecule has 0 saturated carbocycles. The third kappa shape index (κ3) is 37.3. The van der Waals surface area contributed by atoms with Crippen molar-refractivity contribution in [1.82, 2.24) is 0 Å². The highest BCUT2D eigenvalue weighted by Crippen LogP contribution is 2.19. The Kier molecular flexibility index (Phi) is 36.5. The maximum absolute atomic E-state index is 12.6. The molecule has 0 fully saturated rings. The summed E-state index contributed by atoms with van der Waals surface area (Å²) in [4.78, 5) is 23.4. The smallest absolute Gasteiger partial charge is 0.306 e. The molecule has 1 N–H and O–H groups in total. The van der Waals surface area contributed by atoms with E-state index in [1.807, 2.05) is 0 Å². The Balaban J connectivity index is 3.94. The summed E-state index contributed by atoms with van der Waals surface area (Å²) < 4.78 is 5.99. The van der Waals surface area contributed by atoms with Crippen molar-refractivity contribution in [2.75, 3.05) is 0 Å². The van der Waals surface area contributed by atoms with Gasteiger partial charge in [0, 0.05) is 12.8 Å². The maximum Gasteiger partial charge on any atom is 0.306 e. The van der Waals surface area contributed by atoms with E-state index in [-0.39, 0.29) is 18.5 Å². The van der Waals surface area contributed by atoms with E-state index in [1.165, 1.54) is 161 Å². The van der Waals surface area contributed by atoms with E-state index in [0.29, 0.717) is 6.42 Å². The van der Waals surface area contributed by atoms with Crippen LogP contribution in [0, 0.1) is 0 Å². The summed E-state index contributed by atoms with van der Waals surface area (Å²) in [5.41, 5.74) is 0. The van der Waals surface area contributed by atoms with Crippen LogP contribution in [-0.4, -0.2) is 23.1 Å². The average Bonchev–Trinajstić information content (AvgIpc) is 3.02. The van der Waals surface area contributed by atoms with Crippen LogP contribution in [0.4, 0.5) is 0 Å². The summed E-state index contributed by atoms with van der Waals surface area (Å²) in [5, 5.41) is 8.85. The average molecular weight is 637 g/mol. The zero-order valence-corrected chi connectivity index (χ0v) is 30.7. The van der Waals surface area contributed by atoms with Gasteiger partial charge in [0.25, 0.3) is 0 Å². The predicted molar refractivity (Wildman–Crippen MR) is 195 cm³/mol. The second-order valence-corrected chi connectivity index (χ2v) is 14.2. The summed E-state index contributed by atoms with van der Waals surface area (Å²) >= 11 is 0. The first kappa shape index (κ1) is 43.9. The lowest BCUT2D eigenvalue weighted by atomic mass is 10.0. The lowest BCUT2D eigenvalue weighted by Gasteiger charge is -2.18. The number of ether oxygens (including phenoxy) is 1. The number of carbonyl (C=O) groups is 2. The third-order valence-corrected chi connectivity index (χ3v) is 9.58. The van der Waals surface area contributed by atoms with Crippen LogP contribution in [0.3, 0.4) is 0 Å². The molecule has 0 amide bonds. The van der Waals surface area contributed by atoms with Gasteiger partial charge in [-0.3, -0.25) is 9.59 Å². The van der Waals surface area contributed by atoms with Crippen molar-refractivity contribution in [1.29, 1.82) is 0 Å². The molecule has 0 aromatic rings. The van der Waals surface area contributed by atoms with E-state index in [0.717, 1.165) is 57.8 Å². The Morgan fingerprint density at radius 1 is 0.400 bits per heavy atom. The number of carboxylic acid groups (broad SMARTS) is 1. The lowest BCUT2D eigenvalue weighted by molar-refractivity contribution is -0.150. The van der Waals surface area contributed by atoms with Crippen LogP contribution in [0.5, 0.6) is 0 Å². The molecular formula is C41H80O4. The molecule has 268 valence electrons. The van der Waals surface area contributed by atoms with E-state index in [4.69, 9.17) is 9.84 Å². The lowest BCUT2D eigenvalue weighted by Crippen LogP contribution is -2.18. The molecule has 0 heterocycles. The van der Waals surface area contributed by atoms with Crippen molar-refractivity contribution in [3.63, 3.8) is 0 Å². The van der Waals surface area contributed by atoms with Crippen LogP contribution in [0.25, 0.3) is 0 Å². The molecule has 45 heavy (non-hydrogen) atoms. The molecule has 4 heteroatoms. The molecule has 0 spiro atoms. The first-order chi connectivity index (χ1) is 22.1. The summed E-state index contributed by atoms with van der Waals surface area (Å²) in [6.07, 6.45) is 44.1. The molecular weight excluding hydrogens is 556 g/mol. The molecule has 0 radical (unpaired) electrons. The van der Waals surface area contributed by atoms with E-state index in [1.54, 1.807) is 0 Å². The third-order valence-electron chi connectivity index (χ3n) is 9.58. The summed E-state index contributed by atoms with van der Waals surface area (Å²) in [5.74, 6) is -0.710. The maximum atomic E-state index is 12.6. The SMILES string of the molecule is CCCCCCCCCCCCCCCCC(=O)OC(CCCCCCCCCCCCCCCC)CCCCCCC(=O)O. The Morgan fingerprint density at radius 3 is 0.978 bits per heavy atom. The molecule has 1 atom stereocenters. The van der Waals surface area contributed by atoms with Gasteiger partial charge in [0.15, 0.2) is 0 Å². The van der Waals surface area contributed by atoms with Crippen molar-refractivity contribution in [3.05, 3.63) is 0 Å². The number of esters is 1. The van der Waals surface area contributed by atoms with Gasteiger partial charge in [-0.15, -0.1) is 0 Å². The van der Waals surface area contributed by atoms with Crippen molar-refractivity contribution < 1.29 is 19.4 Å². The van der Waals surface area contributed by atoms with Gasteiger partial charge in [0.2, 0.25) is 0 Å². The fourth-order valence-corrected chi connectivity index (χ4v) is 6.54. The van der Waals surface area contributed by atoms with Crippen molar-refractivity contribution >= 4 is 11.9 Å². The number of hydrogen-bond acceptors (Lipinski definition) is 3. The second kappa shape index (κ2) is 37.4. The van der Waals surface area contributed by atoms with Gasteiger partial charge in [-0.25, -0.2) is 0 Å². The van der Waals surface area contributed by atoms with Gasteiger partial charge >= 0.3 is 11.9 Å². The van der Waals surface area contributed by atoms with Gasteiger partial charge in [-0.05, 0) is 38.5 Å². The second-order valence-electron chi connectivity index (χ2n) is 14.2. The van der Waals surface area contributed by atoms with Crippen molar-refractivity contribution in [3.8, 4) is 0 Å². The number of carboxylic acids is 1. The molecule has 0 aliphatic carbocycles. The van der Waals surface area contributed by atoms with Crippen LogP contribution in [-0.2, 0) is 14.3 Å². The van der Waals surface area contributed by atoms with Gasteiger partial charge in [-0.1, -0.05) is 194 Å². The predicted octanol–water partition coefficient (Wildman–Crippen LogP) is 14.1. The van der Waals surface area contributed by atoms with E-state index in [2.05, 4.69) is 13.8 Å². The van der Waals surface area contributed by atoms with Crippen LogP contribution in [0.1, 0.15) is 245 Å². The molecule has 0 bridgehead atoms. The molecule has 1 unspecified atom stereocenters. The quantitative estimate of drug-likeness (QED) is 0.0541. The number of rotatable bonds is 38. The fourth-order valence-electron chi connectivity index (χ4n) is 6.54. The highest BCUT2D eigenvalue weighted by Gasteiger charge is 2.14. The van der Waals surface area contributed by atoms with E-state index >= 15 is 0 Å². The summed E-state index contributed by atoms with van der Waals surface area (Å²) in [6.45, 7) is 4.56. The highest BCUT2D eigenvalue weighted by molar-refractivity contribution is 5.69. The van der Waals surface area contributed by atoms with Gasteiger partial charge in [-0.2, -0.15) is 0 Å². The van der Waals surface area contributed by atoms with Crippen LogP contribution in [0.15, 0.2) is 0 Å². The van der Waals surface area contributed by atoms with E-state index in [9.17, 15) is 9.59 Å². The van der Waals surface area contributed by atoms with Crippen molar-refractivity contribution in [2.24, 2.45) is 0 Å². The number of aliphatic carboxylic acids is 1. The molecule has 0 aromatic carbocycles. The zero-order chi connectivity index (χ0) is 32.9. The number of unbranched alkanes of at least 4 members (excludes halogenated alkanes) is 29. The zero-order valence-electron chi connectivity index (χ0n) is 30.7. The topological polar surface area (TPSA) is 63.6 Å². The molecule has 0 rings (SSSR count). The Labute approximate surface area is 282 Å². The first-order valence-corrected chi connectivity index (χ1v) is 20.5. The van der Waals surface area contributed by atoms with Crippen molar-refractivity contribution in [2.45, 2.75) is 251 Å². The minimum atomic E-state index is -0.705. The van der Waals surface area contributed by atoms with Crippen LogP contribution >= 0.6 is 0 Å². The molecule has 0 saturated heterocycles. The normalized spacial score (nSPS) is 12.0. The minimum Gasteiger partial charge on any atom is -0.481 e. The Morgan fingerprint density at radius 2 is 0.667 bits per heavy atom. The van der Waals surface area contributed by atoms with Gasteiger partial charge < -0.3 is 9.84 Å². The largest absolute Gasteiger partial charge is 0.481 e. The molecule has 4 nitrogen and oxygen atoms in total. The van der Waals surface area contributed by atoms with E-state index < -0.39 is 5.97 Å². The highest BCUT2D eigenvalue weighted by atomic mass is 16.5. The Bertz CT molecular complexity index is 604. The minimum absolute atomic E-state index is 0.00447. The van der Waals surface area contributed by atoms with Gasteiger partial charge in [0.1, 0.15) is 6.10 Å². The van der Waals surface area contributed by atoms with Crippen LogP contribution < -0.4 is 0 Å². The standard InChI is InChI=1S/C41H80O4/c1-3-5-7-9-11-13-15-17-19-21-23-25-27-31-35-39(36-32-29-30-33-37-40(42)43)45-41(44)38-34-28-26-24-22-20-18-16-14-12-10-8-6-4-2/h39H,3-38H2,1-2H3,(H,42,43). The summed E-state index contributed by atoms with van der Waals surface area (Å²) in [6, 6.07) is 0. The fraction of sp³-hybridized carbons (Fsp3) is 0.951. The Hall–Kier alpha value is -1.06. The molecule has 0 aliphatic rings. The van der Waals surface area contributed by atoms with Crippen LogP contribution in [0.2, 0.25) is 0 Å². The molecule has 0 aliphatic heterocycles.